The Balaban J connectivity index is 2.23. The van der Waals surface area contributed by atoms with E-state index < -0.39 is 4.92 Å². The maximum absolute atomic E-state index is 11.4. The number of nitrogens with zero attached hydrogens (tertiary/aromatic N) is 3. The van der Waals surface area contributed by atoms with Crippen LogP contribution >= 0.6 is 11.8 Å². The highest BCUT2D eigenvalue weighted by molar-refractivity contribution is 7.99. The van der Waals surface area contributed by atoms with Crippen molar-refractivity contribution in [1.29, 1.82) is 0 Å². The first-order chi connectivity index (χ1) is 11.5. The number of nitrogens with one attached hydrogen (secondary N) is 1. The molecule has 1 aromatic carbocycles. The highest BCUT2D eigenvalue weighted by Crippen LogP contribution is 2.38. The van der Waals surface area contributed by atoms with Crippen molar-refractivity contribution in [3.63, 3.8) is 0 Å². The minimum absolute atomic E-state index is 0.128. The number of nitro benzene ring substituents is 1. The number of benzene rings is 1. The minimum Gasteiger partial charge on any atom is -0.466 e. The van der Waals surface area contributed by atoms with Crippen molar-refractivity contribution in [1.82, 2.24) is 10.3 Å². The molecule has 24 heavy (non-hydrogen) atoms. The lowest BCUT2D eigenvalue weighted by Gasteiger charge is -2.09. The van der Waals surface area contributed by atoms with Crippen LogP contribution in [0.15, 0.2) is 15.6 Å². The van der Waals surface area contributed by atoms with Crippen LogP contribution in [0.4, 0.5) is 11.4 Å². The van der Waals surface area contributed by atoms with Crippen LogP contribution in [0.25, 0.3) is 11.0 Å². The van der Waals surface area contributed by atoms with Crippen molar-refractivity contribution in [2.45, 2.75) is 31.6 Å². The molecule has 10 heteroatoms. The first kappa shape index (κ1) is 18.0. The number of nitro groups is 1. The molecule has 1 heterocycles. The Labute approximate surface area is 142 Å². The lowest BCUT2D eigenvalue weighted by Crippen LogP contribution is -2.09. The maximum Gasteiger partial charge on any atom is 0.323 e. The molecule has 2 aromatic rings. The van der Waals surface area contributed by atoms with E-state index in [2.05, 4.69) is 15.6 Å². The van der Waals surface area contributed by atoms with E-state index in [4.69, 9.17) is 9.37 Å². The summed E-state index contributed by atoms with van der Waals surface area (Å²) >= 11 is 1.54. The van der Waals surface area contributed by atoms with Crippen molar-refractivity contribution >= 4 is 40.1 Å². The number of fused-ring (bicyclic) bond motifs is 1. The average molecular weight is 354 g/mol. The SMILES string of the molecule is CCCSc1cc(NCCCOC(C)=O)c([N+](=O)[O-])c2nonc12. The topological polar surface area (TPSA) is 120 Å². The first-order valence-corrected chi connectivity index (χ1v) is 8.46. The minimum atomic E-state index is -0.505. The van der Waals surface area contributed by atoms with Crippen LogP contribution in [0.2, 0.25) is 0 Å². The predicted molar refractivity (Wildman–Crippen MR) is 89.2 cm³/mol. The zero-order valence-electron chi connectivity index (χ0n) is 13.4. The van der Waals surface area contributed by atoms with E-state index in [0.717, 1.165) is 17.1 Å². The van der Waals surface area contributed by atoms with Crippen LogP contribution in [-0.2, 0) is 9.53 Å². The molecule has 0 aliphatic rings. The fourth-order valence-electron chi connectivity index (χ4n) is 2.05. The lowest BCUT2D eigenvalue weighted by molar-refractivity contribution is -0.382. The van der Waals surface area contributed by atoms with Gasteiger partial charge in [-0.25, -0.2) is 4.63 Å². The van der Waals surface area contributed by atoms with Crippen molar-refractivity contribution in [3.8, 4) is 0 Å². The molecule has 0 atom stereocenters. The van der Waals surface area contributed by atoms with Crippen LogP contribution in [0, 0.1) is 10.1 Å². The molecular formula is C14H18N4O5S. The fraction of sp³-hybridized carbons (Fsp3) is 0.500. The Bertz CT molecular complexity index is 733. The summed E-state index contributed by atoms with van der Waals surface area (Å²) < 4.78 is 9.54. The molecule has 0 amide bonds. The zero-order chi connectivity index (χ0) is 17.5. The summed E-state index contributed by atoms with van der Waals surface area (Å²) in [5.41, 5.74) is 0.707. The van der Waals surface area contributed by atoms with Crippen LogP contribution in [0.5, 0.6) is 0 Å². The van der Waals surface area contributed by atoms with Crippen molar-refractivity contribution in [2.75, 3.05) is 24.2 Å². The molecule has 0 spiro atoms. The van der Waals surface area contributed by atoms with Crippen LogP contribution < -0.4 is 5.32 Å². The van der Waals surface area contributed by atoms with Crippen molar-refractivity contribution < 1.29 is 19.1 Å². The molecule has 0 radical (unpaired) electrons. The van der Waals surface area contributed by atoms with Gasteiger partial charge in [-0.2, -0.15) is 0 Å². The number of anilines is 1. The van der Waals surface area contributed by atoms with Gasteiger partial charge >= 0.3 is 11.7 Å². The Morgan fingerprint density at radius 2 is 2.21 bits per heavy atom. The van der Waals surface area contributed by atoms with Crippen LogP contribution in [0.3, 0.4) is 0 Å². The quantitative estimate of drug-likeness (QED) is 0.238. The smallest absolute Gasteiger partial charge is 0.323 e. The van der Waals surface area contributed by atoms with Gasteiger partial charge in [0.1, 0.15) is 5.69 Å². The zero-order valence-corrected chi connectivity index (χ0v) is 14.2. The molecule has 1 aromatic heterocycles. The third-order valence-electron chi connectivity index (χ3n) is 3.06. The van der Waals surface area contributed by atoms with Gasteiger partial charge in [-0.1, -0.05) is 6.92 Å². The molecule has 0 aliphatic heterocycles. The molecule has 9 nitrogen and oxygen atoms in total. The van der Waals surface area contributed by atoms with Crippen LogP contribution in [-0.4, -0.2) is 40.1 Å². The Kier molecular flexibility index (Phi) is 6.36. The van der Waals surface area contributed by atoms with Gasteiger partial charge < -0.3 is 10.1 Å². The van der Waals surface area contributed by atoms with Gasteiger partial charge in [0, 0.05) is 18.4 Å². The molecule has 0 bridgehead atoms. The molecular weight excluding hydrogens is 336 g/mol. The number of hydrogen-bond acceptors (Lipinski definition) is 9. The molecule has 0 fully saturated rings. The van der Waals surface area contributed by atoms with E-state index >= 15 is 0 Å². The molecule has 0 saturated heterocycles. The van der Waals surface area contributed by atoms with Crippen LogP contribution in [0.1, 0.15) is 26.7 Å². The van der Waals surface area contributed by atoms with Gasteiger partial charge in [0.05, 0.1) is 11.5 Å². The summed E-state index contributed by atoms with van der Waals surface area (Å²) in [6, 6.07) is 1.69. The van der Waals surface area contributed by atoms with Gasteiger partial charge in [0.15, 0.2) is 5.52 Å². The molecule has 0 aliphatic carbocycles. The molecule has 1 N–H and O–H groups in total. The fourth-order valence-corrected chi connectivity index (χ4v) is 2.95. The highest BCUT2D eigenvalue weighted by Gasteiger charge is 2.25. The third-order valence-corrected chi connectivity index (χ3v) is 4.30. The predicted octanol–water partition coefficient (Wildman–Crippen LogP) is 3.00. The number of carbonyl (C=O) groups excluding carboxylic acids is 1. The van der Waals surface area contributed by atoms with Crippen molar-refractivity contribution in [2.24, 2.45) is 0 Å². The highest BCUT2D eigenvalue weighted by atomic mass is 32.2. The number of ether oxygens (including phenoxy) is 1. The van der Waals surface area contributed by atoms with E-state index in [1.165, 1.54) is 6.92 Å². The third kappa shape index (κ3) is 4.34. The Morgan fingerprint density at radius 1 is 1.46 bits per heavy atom. The Hall–Kier alpha value is -2.36. The normalized spacial score (nSPS) is 10.8. The summed E-state index contributed by atoms with van der Waals surface area (Å²) in [6.07, 6.45) is 1.49. The second-order valence-corrected chi connectivity index (χ2v) is 6.10. The number of hydrogen-bond donors (Lipinski definition) is 1. The standard InChI is InChI=1S/C14H18N4O5S/c1-3-7-24-11-8-10(15-5-4-6-22-9(2)19)14(18(20)21)13-12(11)16-23-17-13/h8,15H,3-7H2,1-2H3. The van der Waals surface area contributed by atoms with E-state index in [9.17, 15) is 14.9 Å². The lowest BCUT2D eigenvalue weighted by atomic mass is 10.2. The molecule has 130 valence electrons. The number of carbonyl (C=O) groups is 1. The summed E-state index contributed by atoms with van der Waals surface area (Å²) in [7, 11) is 0. The summed E-state index contributed by atoms with van der Waals surface area (Å²) in [6.45, 7) is 4.05. The Morgan fingerprint density at radius 3 is 2.88 bits per heavy atom. The van der Waals surface area contributed by atoms with Gasteiger partial charge in [0.25, 0.3) is 0 Å². The van der Waals surface area contributed by atoms with E-state index in [1.807, 2.05) is 6.92 Å². The maximum atomic E-state index is 11.4. The number of esters is 1. The van der Waals surface area contributed by atoms with Gasteiger partial charge in [-0.3, -0.25) is 14.9 Å². The van der Waals surface area contributed by atoms with Gasteiger partial charge in [-0.15, -0.1) is 11.8 Å². The number of thioether (sulfide) groups is 1. The second kappa shape index (κ2) is 8.48. The average Bonchev–Trinajstić information content (AvgIpc) is 3.00. The van der Waals surface area contributed by atoms with E-state index in [1.54, 1.807) is 17.8 Å². The monoisotopic (exact) mass is 354 g/mol. The second-order valence-electron chi connectivity index (χ2n) is 4.96. The molecule has 2 rings (SSSR count). The molecule has 0 saturated carbocycles. The van der Waals surface area contributed by atoms with E-state index in [-0.39, 0.29) is 23.8 Å². The summed E-state index contributed by atoms with van der Waals surface area (Å²) in [5, 5.41) is 21.9. The first-order valence-electron chi connectivity index (χ1n) is 7.48. The van der Waals surface area contributed by atoms with Gasteiger partial charge in [0.2, 0.25) is 5.52 Å². The number of aromatic nitrogens is 2. The largest absolute Gasteiger partial charge is 0.466 e. The summed E-state index contributed by atoms with van der Waals surface area (Å²) in [4.78, 5) is 22.4. The molecule has 0 unspecified atom stereocenters. The number of rotatable bonds is 9. The van der Waals surface area contributed by atoms with E-state index in [0.29, 0.717) is 24.2 Å². The summed E-state index contributed by atoms with van der Waals surface area (Å²) in [5.74, 6) is 0.500. The van der Waals surface area contributed by atoms with Crippen molar-refractivity contribution in [3.05, 3.63) is 16.2 Å². The van der Waals surface area contributed by atoms with Gasteiger partial charge in [-0.05, 0) is 35.0 Å².